The molecular weight excluding hydrogens is 404 g/mol. The molecule has 0 aliphatic carbocycles. The van der Waals surface area contributed by atoms with Gasteiger partial charge in [0.25, 0.3) is 0 Å². The van der Waals surface area contributed by atoms with E-state index in [1.165, 1.54) is 45.5 Å². The van der Waals surface area contributed by atoms with Crippen LogP contribution in [-0.2, 0) is 18.2 Å². The Bertz CT molecular complexity index is 460. The summed E-state index contributed by atoms with van der Waals surface area (Å²) in [5, 5.41) is 5.30. The summed E-state index contributed by atoms with van der Waals surface area (Å²) in [4.78, 5) is 1.49. The zero-order valence-corrected chi connectivity index (χ0v) is 16.2. The lowest BCUT2D eigenvalue weighted by Gasteiger charge is -1.95. The summed E-state index contributed by atoms with van der Waals surface area (Å²) in [5.41, 5.74) is 2.96. The van der Waals surface area contributed by atoms with Crippen LogP contribution in [0.1, 0.15) is 42.7 Å². The van der Waals surface area contributed by atoms with Gasteiger partial charge in [-0.25, -0.2) is 0 Å². The normalized spacial score (nSPS) is 10.1. The van der Waals surface area contributed by atoms with Crippen molar-refractivity contribution < 1.29 is 0 Å². The maximum atomic E-state index is 3.49. The van der Waals surface area contributed by atoms with Crippen LogP contribution in [0.5, 0.6) is 0 Å². The molecule has 0 nitrogen and oxygen atoms in total. The molecule has 0 bridgehead atoms. The minimum atomic E-state index is 1.01. The summed E-state index contributed by atoms with van der Waals surface area (Å²) in [5.74, 6) is 0. The van der Waals surface area contributed by atoms with E-state index < -0.39 is 0 Å². The highest BCUT2D eigenvalue weighted by atomic mass is 79.9. The van der Waals surface area contributed by atoms with Crippen LogP contribution in [0.2, 0.25) is 0 Å². The number of halogens is 2. The molecule has 2 rings (SSSR count). The van der Waals surface area contributed by atoms with Crippen LogP contribution in [0.15, 0.2) is 26.7 Å². The first kappa shape index (κ1) is 17.4. The highest BCUT2D eigenvalue weighted by Crippen LogP contribution is 2.24. The molecule has 19 heavy (non-hydrogen) atoms. The number of hydrogen-bond acceptors (Lipinski definition) is 2. The highest BCUT2D eigenvalue weighted by Gasteiger charge is 1.99. The minimum absolute atomic E-state index is 1.01. The first-order valence-electron chi connectivity index (χ1n) is 6.55. The molecule has 0 unspecified atom stereocenters. The predicted molar refractivity (Wildman–Crippen MR) is 97.0 cm³/mol. The third-order valence-electron chi connectivity index (χ3n) is 2.69. The summed E-state index contributed by atoms with van der Waals surface area (Å²) >= 11 is 10.6. The van der Waals surface area contributed by atoms with Crippen molar-refractivity contribution >= 4 is 54.5 Å². The van der Waals surface area contributed by atoms with Crippen LogP contribution in [0.3, 0.4) is 0 Å². The van der Waals surface area contributed by atoms with Crippen molar-refractivity contribution in [1.29, 1.82) is 0 Å². The lowest BCUT2D eigenvalue weighted by molar-refractivity contribution is 0.919. The number of aryl methyl sites for hydroxylation is 2. The van der Waals surface area contributed by atoms with E-state index in [4.69, 9.17) is 0 Å². The SMILES string of the molecule is CCCc1ccsc1Br.CCCc1ccsc1CBr. The summed E-state index contributed by atoms with van der Waals surface area (Å²) < 4.78 is 1.30. The molecule has 2 aromatic heterocycles. The van der Waals surface area contributed by atoms with Crippen LogP contribution in [0.25, 0.3) is 0 Å². The molecule has 0 saturated heterocycles. The molecule has 4 heteroatoms. The molecule has 0 radical (unpaired) electrons. The second-order valence-electron chi connectivity index (χ2n) is 4.22. The van der Waals surface area contributed by atoms with Crippen LogP contribution < -0.4 is 0 Å². The van der Waals surface area contributed by atoms with Crippen molar-refractivity contribution in [2.75, 3.05) is 0 Å². The molecule has 0 saturated carbocycles. The third kappa shape index (κ3) is 6.11. The molecule has 0 aromatic carbocycles. The van der Waals surface area contributed by atoms with Crippen molar-refractivity contribution in [3.05, 3.63) is 42.7 Å². The van der Waals surface area contributed by atoms with Crippen LogP contribution >= 0.6 is 54.5 Å². The van der Waals surface area contributed by atoms with Gasteiger partial charge in [-0.3, -0.25) is 0 Å². The predicted octanol–water partition coefficient (Wildman–Crippen LogP) is 7.06. The largest absolute Gasteiger partial charge is 0.148 e. The number of rotatable bonds is 5. The fourth-order valence-electron chi connectivity index (χ4n) is 1.74. The van der Waals surface area contributed by atoms with E-state index in [1.54, 1.807) is 11.3 Å². The summed E-state index contributed by atoms with van der Waals surface area (Å²) in [6.45, 7) is 4.42. The van der Waals surface area contributed by atoms with Gasteiger partial charge in [0, 0.05) is 10.2 Å². The van der Waals surface area contributed by atoms with Gasteiger partial charge in [-0.2, -0.15) is 0 Å². The van der Waals surface area contributed by atoms with Crippen LogP contribution in [-0.4, -0.2) is 0 Å². The smallest absolute Gasteiger partial charge is 0.0730 e. The second kappa shape index (κ2) is 10.1. The van der Waals surface area contributed by atoms with Crippen LogP contribution in [0, 0.1) is 0 Å². The van der Waals surface area contributed by atoms with E-state index >= 15 is 0 Å². The molecule has 106 valence electrons. The van der Waals surface area contributed by atoms with E-state index in [0.717, 1.165) is 5.33 Å². The molecule has 0 aliphatic heterocycles. The topological polar surface area (TPSA) is 0 Å². The summed E-state index contributed by atoms with van der Waals surface area (Å²) in [6, 6.07) is 4.41. The molecule has 0 N–H and O–H groups in total. The van der Waals surface area contributed by atoms with Crippen molar-refractivity contribution in [3.8, 4) is 0 Å². The average Bonchev–Trinajstić information content (AvgIpc) is 3.01. The van der Waals surface area contributed by atoms with Crippen LogP contribution in [0.4, 0.5) is 0 Å². The Hall–Kier alpha value is 0.360. The lowest BCUT2D eigenvalue weighted by Crippen LogP contribution is -1.82. The van der Waals surface area contributed by atoms with Gasteiger partial charge in [0.15, 0.2) is 0 Å². The van der Waals surface area contributed by atoms with Gasteiger partial charge >= 0.3 is 0 Å². The molecule has 0 aliphatic rings. The van der Waals surface area contributed by atoms with Gasteiger partial charge in [0.2, 0.25) is 0 Å². The van der Waals surface area contributed by atoms with E-state index in [2.05, 4.69) is 68.6 Å². The Balaban J connectivity index is 0.000000191. The Morgan fingerprint density at radius 2 is 1.53 bits per heavy atom. The maximum Gasteiger partial charge on any atom is 0.0730 e. The first-order valence-corrected chi connectivity index (χ1v) is 10.2. The first-order chi connectivity index (χ1) is 9.22. The highest BCUT2D eigenvalue weighted by molar-refractivity contribution is 9.11. The van der Waals surface area contributed by atoms with Crippen molar-refractivity contribution in [1.82, 2.24) is 0 Å². The zero-order chi connectivity index (χ0) is 14.1. The Labute approximate surface area is 141 Å². The van der Waals surface area contributed by atoms with Crippen molar-refractivity contribution in [2.45, 2.75) is 44.9 Å². The van der Waals surface area contributed by atoms with Crippen molar-refractivity contribution in [3.63, 3.8) is 0 Å². The van der Waals surface area contributed by atoms with Gasteiger partial charge in [-0.1, -0.05) is 42.6 Å². The summed E-state index contributed by atoms with van der Waals surface area (Å²) in [6.07, 6.45) is 4.90. The Morgan fingerprint density at radius 3 is 2.05 bits per heavy atom. The van der Waals surface area contributed by atoms with Gasteiger partial charge < -0.3 is 0 Å². The lowest BCUT2D eigenvalue weighted by atomic mass is 10.2. The van der Waals surface area contributed by atoms with Crippen molar-refractivity contribution in [2.24, 2.45) is 0 Å². The second-order valence-corrected chi connectivity index (χ2v) is 8.02. The van der Waals surface area contributed by atoms with E-state index in [-0.39, 0.29) is 0 Å². The van der Waals surface area contributed by atoms with Gasteiger partial charge in [-0.05, 0) is 62.8 Å². The molecule has 0 fully saturated rings. The summed E-state index contributed by atoms with van der Waals surface area (Å²) in [7, 11) is 0. The molecule has 2 aromatic rings. The number of thiophene rings is 2. The zero-order valence-electron chi connectivity index (χ0n) is 11.4. The fourth-order valence-corrected chi connectivity index (χ4v) is 4.61. The third-order valence-corrected chi connectivity index (χ3v) is 6.40. The van der Waals surface area contributed by atoms with Gasteiger partial charge in [0.05, 0.1) is 3.79 Å². The Morgan fingerprint density at radius 1 is 0.947 bits per heavy atom. The average molecular weight is 424 g/mol. The maximum absolute atomic E-state index is 3.49. The molecule has 0 spiro atoms. The van der Waals surface area contributed by atoms with Gasteiger partial charge in [0.1, 0.15) is 0 Å². The number of alkyl halides is 1. The quantitative estimate of drug-likeness (QED) is 0.451. The van der Waals surface area contributed by atoms with E-state index in [1.807, 2.05) is 11.3 Å². The van der Waals surface area contributed by atoms with E-state index in [9.17, 15) is 0 Å². The molecule has 0 atom stereocenters. The minimum Gasteiger partial charge on any atom is -0.148 e. The van der Waals surface area contributed by atoms with Gasteiger partial charge in [-0.15, -0.1) is 22.7 Å². The standard InChI is InChI=1S/C8H11BrS.C7H9BrS/c1-2-3-7-4-5-10-8(7)6-9;1-2-3-6-4-5-9-7(6)8/h4-5H,2-3,6H2,1H3;4-5H,2-3H2,1H3. The fraction of sp³-hybridized carbons (Fsp3) is 0.467. The molecule has 0 amide bonds. The molecule has 2 heterocycles. The molecular formula is C15H20Br2S2. The number of hydrogen-bond donors (Lipinski definition) is 0. The Kier molecular flexibility index (Phi) is 9.29. The van der Waals surface area contributed by atoms with E-state index in [0.29, 0.717) is 0 Å². The monoisotopic (exact) mass is 422 g/mol.